The second kappa shape index (κ2) is 5.79. The lowest BCUT2D eigenvalue weighted by Crippen LogP contribution is -2.45. The number of fused-ring (bicyclic) bond motifs is 1. The zero-order valence-corrected chi connectivity index (χ0v) is 13.8. The Labute approximate surface area is 134 Å². The molecule has 23 heavy (non-hydrogen) atoms. The van der Waals surface area contributed by atoms with E-state index in [1.807, 2.05) is 0 Å². The quantitative estimate of drug-likeness (QED) is 0.741. The van der Waals surface area contributed by atoms with Gasteiger partial charge < -0.3 is 9.80 Å². The summed E-state index contributed by atoms with van der Waals surface area (Å²) in [7, 11) is 1.70. The zero-order valence-electron chi connectivity index (χ0n) is 13.8. The highest BCUT2D eigenvalue weighted by atomic mass is 16.2. The van der Waals surface area contributed by atoms with Crippen LogP contribution < -0.4 is 5.56 Å². The van der Waals surface area contributed by atoms with Gasteiger partial charge in [0.05, 0.1) is 30.3 Å². The summed E-state index contributed by atoms with van der Waals surface area (Å²) in [6.45, 7) is 5.24. The Kier molecular flexibility index (Phi) is 3.95. The van der Waals surface area contributed by atoms with Crippen LogP contribution in [0.5, 0.6) is 0 Å². The minimum atomic E-state index is -0.174. The van der Waals surface area contributed by atoms with E-state index in [2.05, 4.69) is 4.98 Å². The van der Waals surface area contributed by atoms with E-state index >= 15 is 0 Å². The summed E-state index contributed by atoms with van der Waals surface area (Å²) in [6, 6.07) is 0. The first-order chi connectivity index (χ1) is 10.9. The molecular formula is C16H22N4O3. The second-order valence-electron chi connectivity index (χ2n) is 6.45. The number of hydrogen-bond acceptors (Lipinski definition) is 4. The molecule has 7 nitrogen and oxygen atoms in total. The molecule has 0 spiro atoms. The van der Waals surface area contributed by atoms with Crippen molar-refractivity contribution in [2.45, 2.75) is 39.8 Å². The average Bonchev–Trinajstić information content (AvgIpc) is 2.96. The minimum absolute atomic E-state index is 0.0124. The Hall–Kier alpha value is -2.18. The van der Waals surface area contributed by atoms with Gasteiger partial charge in [0.15, 0.2) is 0 Å². The fraction of sp³-hybridized carbons (Fsp3) is 0.625. The van der Waals surface area contributed by atoms with Gasteiger partial charge in [-0.05, 0) is 19.8 Å². The summed E-state index contributed by atoms with van der Waals surface area (Å²) in [4.78, 5) is 44.5. The van der Waals surface area contributed by atoms with Gasteiger partial charge in [0.1, 0.15) is 5.82 Å². The van der Waals surface area contributed by atoms with Gasteiger partial charge in [-0.2, -0.15) is 0 Å². The molecule has 2 aliphatic rings. The van der Waals surface area contributed by atoms with Crippen molar-refractivity contribution in [3.63, 3.8) is 0 Å². The van der Waals surface area contributed by atoms with Crippen molar-refractivity contribution in [3.05, 3.63) is 27.4 Å². The standard InChI is InChI=1S/C16H22N4O3/c1-10-17-14-9-20(8-13(14)16(23)18(10)3)15(22)12-5-4-6-19(7-12)11(2)21/h12H,4-9H2,1-3H3/t12-/m0/s1. The molecule has 3 heterocycles. The number of hydrogen-bond donors (Lipinski definition) is 0. The Morgan fingerprint density at radius 1 is 1.22 bits per heavy atom. The van der Waals surface area contributed by atoms with Gasteiger partial charge in [-0.25, -0.2) is 4.98 Å². The number of aromatic nitrogens is 2. The first-order valence-electron chi connectivity index (χ1n) is 7.98. The van der Waals surface area contributed by atoms with E-state index in [1.165, 1.54) is 11.5 Å². The van der Waals surface area contributed by atoms with Crippen molar-refractivity contribution < 1.29 is 9.59 Å². The van der Waals surface area contributed by atoms with E-state index in [9.17, 15) is 14.4 Å². The molecule has 0 aliphatic carbocycles. The van der Waals surface area contributed by atoms with Gasteiger partial charge >= 0.3 is 0 Å². The van der Waals surface area contributed by atoms with Crippen LogP contribution in [0.3, 0.4) is 0 Å². The van der Waals surface area contributed by atoms with E-state index in [0.717, 1.165) is 19.4 Å². The molecule has 0 unspecified atom stereocenters. The maximum absolute atomic E-state index is 12.8. The van der Waals surface area contributed by atoms with Crippen LogP contribution in [-0.2, 0) is 29.7 Å². The number of carbonyl (C=O) groups excluding carboxylic acids is 2. The Morgan fingerprint density at radius 3 is 2.65 bits per heavy atom. The molecule has 1 fully saturated rings. The van der Waals surface area contributed by atoms with Crippen LogP contribution in [0.1, 0.15) is 36.8 Å². The third kappa shape index (κ3) is 2.75. The topological polar surface area (TPSA) is 75.5 Å². The van der Waals surface area contributed by atoms with Crippen LogP contribution in [-0.4, -0.2) is 44.3 Å². The van der Waals surface area contributed by atoms with Crippen LogP contribution in [0.15, 0.2) is 4.79 Å². The Morgan fingerprint density at radius 2 is 1.96 bits per heavy atom. The van der Waals surface area contributed by atoms with E-state index in [-0.39, 0.29) is 23.3 Å². The minimum Gasteiger partial charge on any atom is -0.342 e. The Balaban J connectivity index is 1.77. The van der Waals surface area contributed by atoms with Crippen molar-refractivity contribution in [1.29, 1.82) is 0 Å². The van der Waals surface area contributed by atoms with E-state index in [1.54, 1.807) is 23.8 Å². The highest BCUT2D eigenvalue weighted by molar-refractivity contribution is 5.81. The summed E-state index contributed by atoms with van der Waals surface area (Å²) in [5, 5.41) is 0. The van der Waals surface area contributed by atoms with Gasteiger partial charge in [-0.15, -0.1) is 0 Å². The molecule has 3 rings (SSSR count). The lowest BCUT2D eigenvalue weighted by Gasteiger charge is -2.33. The number of piperidine rings is 1. The molecule has 124 valence electrons. The second-order valence-corrected chi connectivity index (χ2v) is 6.45. The molecule has 0 N–H and O–H groups in total. The number of likely N-dealkylation sites (tertiary alicyclic amines) is 1. The molecule has 2 amide bonds. The molecule has 7 heteroatoms. The number of amides is 2. The summed E-state index contributed by atoms with van der Waals surface area (Å²) in [6.07, 6.45) is 1.63. The zero-order chi connectivity index (χ0) is 16.7. The molecule has 0 radical (unpaired) electrons. The van der Waals surface area contributed by atoms with Crippen molar-refractivity contribution in [3.8, 4) is 0 Å². The van der Waals surface area contributed by atoms with E-state index in [4.69, 9.17) is 0 Å². The normalized spacial score (nSPS) is 20.6. The molecule has 0 bridgehead atoms. The molecule has 1 aromatic heterocycles. The van der Waals surface area contributed by atoms with Crippen molar-refractivity contribution in [2.24, 2.45) is 13.0 Å². The van der Waals surface area contributed by atoms with Crippen LogP contribution >= 0.6 is 0 Å². The highest BCUT2D eigenvalue weighted by Gasteiger charge is 2.34. The van der Waals surface area contributed by atoms with Crippen LogP contribution in [0.4, 0.5) is 0 Å². The first kappa shape index (κ1) is 15.7. The predicted octanol–water partition coefficient (Wildman–Crippen LogP) is 0.189. The van der Waals surface area contributed by atoms with Gasteiger partial charge in [-0.1, -0.05) is 0 Å². The molecular weight excluding hydrogens is 296 g/mol. The molecule has 1 saturated heterocycles. The SMILES string of the molecule is CC(=O)N1CCC[C@H](C(=O)N2Cc3nc(C)n(C)c(=O)c3C2)C1. The predicted molar refractivity (Wildman–Crippen MR) is 83.4 cm³/mol. The molecule has 0 saturated carbocycles. The van der Waals surface area contributed by atoms with Gasteiger partial charge in [0.25, 0.3) is 5.56 Å². The first-order valence-corrected chi connectivity index (χ1v) is 7.98. The largest absolute Gasteiger partial charge is 0.342 e. The third-order valence-corrected chi connectivity index (χ3v) is 4.91. The third-order valence-electron chi connectivity index (χ3n) is 4.91. The van der Waals surface area contributed by atoms with Gasteiger partial charge in [0, 0.05) is 27.1 Å². The van der Waals surface area contributed by atoms with Gasteiger partial charge in [-0.3, -0.25) is 19.0 Å². The fourth-order valence-electron chi connectivity index (χ4n) is 3.41. The number of rotatable bonds is 1. The van der Waals surface area contributed by atoms with Crippen LogP contribution in [0.25, 0.3) is 0 Å². The fourth-order valence-corrected chi connectivity index (χ4v) is 3.41. The van der Waals surface area contributed by atoms with Crippen molar-refractivity contribution in [1.82, 2.24) is 19.4 Å². The monoisotopic (exact) mass is 318 g/mol. The van der Waals surface area contributed by atoms with Crippen molar-refractivity contribution >= 4 is 11.8 Å². The molecule has 1 aromatic rings. The summed E-state index contributed by atoms with van der Waals surface area (Å²) in [5.41, 5.74) is 1.25. The highest BCUT2D eigenvalue weighted by Crippen LogP contribution is 2.24. The lowest BCUT2D eigenvalue weighted by molar-refractivity contribution is -0.140. The maximum atomic E-state index is 12.8. The van der Waals surface area contributed by atoms with Crippen molar-refractivity contribution in [2.75, 3.05) is 13.1 Å². The average molecular weight is 318 g/mol. The number of carbonyl (C=O) groups is 2. The number of nitrogens with zero attached hydrogens (tertiary/aromatic N) is 4. The number of aryl methyl sites for hydroxylation is 1. The maximum Gasteiger partial charge on any atom is 0.258 e. The summed E-state index contributed by atoms with van der Waals surface area (Å²) < 4.78 is 1.52. The summed E-state index contributed by atoms with van der Waals surface area (Å²) >= 11 is 0. The smallest absolute Gasteiger partial charge is 0.258 e. The van der Waals surface area contributed by atoms with E-state index in [0.29, 0.717) is 36.7 Å². The molecule has 2 aliphatic heterocycles. The molecule has 1 atom stereocenters. The van der Waals surface area contributed by atoms with Crippen LogP contribution in [0.2, 0.25) is 0 Å². The van der Waals surface area contributed by atoms with Gasteiger partial charge in [0.2, 0.25) is 11.8 Å². The Bertz CT molecular complexity index is 725. The van der Waals surface area contributed by atoms with Crippen LogP contribution in [0, 0.1) is 12.8 Å². The van der Waals surface area contributed by atoms with E-state index < -0.39 is 0 Å². The molecule has 0 aromatic carbocycles. The lowest BCUT2D eigenvalue weighted by atomic mass is 9.96. The summed E-state index contributed by atoms with van der Waals surface area (Å²) in [5.74, 6) is 0.516.